The number of ketones is 1. The molecule has 0 unspecified atom stereocenters. The second-order valence-corrected chi connectivity index (χ2v) is 7.42. The molecule has 140 valence electrons. The Kier molecular flexibility index (Phi) is 4.98. The number of nitrogens with zero attached hydrogens (tertiary/aromatic N) is 2. The van der Waals surface area contributed by atoms with Crippen LogP contribution in [-0.4, -0.2) is 21.5 Å². The van der Waals surface area contributed by atoms with Crippen molar-refractivity contribution in [3.8, 4) is 10.6 Å². The van der Waals surface area contributed by atoms with Crippen LogP contribution in [0.5, 0.6) is 0 Å². The highest BCUT2D eigenvalue weighted by molar-refractivity contribution is 7.13. The van der Waals surface area contributed by atoms with Gasteiger partial charge >= 0.3 is 5.97 Å². The molecule has 0 saturated heterocycles. The first kappa shape index (κ1) is 18.4. The van der Waals surface area contributed by atoms with E-state index in [4.69, 9.17) is 16.4 Å². The van der Waals surface area contributed by atoms with E-state index in [0.29, 0.717) is 16.1 Å². The first-order valence-electron chi connectivity index (χ1n) is 8.63. The second kappa shape index (κ2) is 7.58. The average Bonchev–Trinajstić information content (AvgIpc) is 3.36. The van der Waals surface area contributed by atoms with Gasteiger partial charge in [0.15, 0.2) is 0 Å². The van der Waals surface area contributed by atoms with Crippen LogP contribution in [0.4, 0.5) is 0 Å². The van der Waals surface area contributed by atoms with Crippen LogP contribution in [0.25, 0.3) is 21.5 Å². The average molecular weight is 411 g/mol. The highest BCUT2D eigenvalue weighted by Gasteiger charge is 2.20. The lowest BCUT2D eigenvalue weighted by molar-refractivity contribution is -0.143. The Labute approximate surface area is 170 Å². The Morgan fingerprint density at radius 2 is 1.93 bits per heavy atom. The monoisotopic (exact) mass is 410 g/mol. The lowest BCUT2D eigenvalue weighted by atomic mass is 10.1. The fraction of sp³-hybridized carbons (Fsp3) is 0.0952. The molecule has 0 aliphatic rings. The molecule has 0 saturated carbocycles. The van der Waals surface area contributed by atoms with Gasteiger partial charge in [-0.2, -0.15) is 4.73 Å². The molecule has 4 aromatic rings. The predicted octanol–water partition coefficient (Wildman–Crippen LogP) is 5.01. The van der Waals surface area contributed by atoms with Gasteiger partial charge in [0.1, 0.15) is 10.7 Å². The van der Waals surface area contributed by atoms with Crippen LogP contribution in [0.15, 0.2) is 60.1 Å². The van der Waals surface area contributed by atoms with E-state index < -0.39 is 5.97 Å². The van der Waals surface area contributed by atoms with Crippen molar-refractivity contribution >= 4 is 45.6 Å². The van der Waals surface area contributed by atoms with Crippen LogP contribution in [0.3, 0.4) is 0 Å². The summed E-state index contributed by atoms with van der Waals surface area (Å²) in [6.45, 7) is 1.69. The summed E-state index contributed by atoms with van der Waals surface area (Å²) >= 11 is 7.62. The summed E-state index contributed by atoms with van der Waals surface area (Å²) in [5.74, 6) is -0.687. The number of carbonyl (C=O) groups excluding carboxylic acids is 2. The fourth-order valence-corrected chi connectivity index (χ4v) is 3.66. The standard InChI is InChI=1S/C21H15ClN2O3S/c1-2-19(25)27-24-17-12-16(22)8-7-15(17)11-18(24)20(26)13-3-5-14(6-4-13)21-23-9-10-28-21/h3-12H,2H2,1H3. The minimum Gasteiger partial charge on any atom is -0.336 e. The van der Waals surface area contributed by atoms with E-state index in [2.05, 4.69) is 4.98 Å². The van der Waals surface area contributed by atoms with E-state index in [9.17, 15) is 9.59 Å². The molecule has 0 aliphatic carbocycles. The third kappa shape index (κ3) is 3.44. The molecule has 0 fully saturated rings. The quantitative estimate of drug-likeness (QED) is 0.434. The van der Waals surface area contributed by atoms with E-state index in [0.717, 1.165) is 16.0 Å². The van der Waals surface area contributed by atoms with Crippen LogP contribution in [0.2, 0.25) is 5.02 Å². The van der Waals surface area contributed by atoms with Crippen molar-refractivity contribution in [3.63, 3.8) is 0 Å². The van der Waals surface area contributed by atoms with Crippen molar-refractivity contribution in [1.82, 2.24) is 9.71 Å². The summed E-state index contributed by atoms with van der Waals surface area (Å²) in [6.07, 6.45) is 1.93. The Morgan fingerprint density at radius 3 is 2.61 bits per heavy atom. The van der Waals surface area contributed by atoms with Gasteiger partial charge in [0.25, 0.3) is 0 Å². The number of thiazole rings is 1. The Balaban J connectivity index is 1.76. The maximum Gasteiger partial charge on any atom is 0.332 e. The molecular formula is C21H15ClN2O3S. The fourth-order valence-electron chi connectivity index (χ4n) is 2.85. The summed E-state index contributed by atoms with van der Waals surface area (Å²) in [7, 11) is 0. The van der Waals surface area contributed by atoms with Gasteiger partial charge in [-0.3, -0.25) is 4.79 Å². The highest BCUT2D eigenvalue weighted by atomic mass is 35.5. The molecule has 0 aliphatic heterocycles. The second-order valence-electron chi connectivity index (χ2n) is 6.09. The number of rotatable bonds is 5. The first-order valence-corrected chi connectivity index (χ1v) is 9.89. The SMILES string of the molecule is CCC(=O)On1c(C(=O)c2ccc(-c3nccs3)cc2)cc2ccc(Cl)cc21. The Morgan fingerprint density at radius 1 is 1.14 bits per heavy atom. The van der Waals surface area contributed by atoms with Gasteiger partial charge in [-0.25, -0.2) is 9.78 Å². The molecule has 0 atom stereocenters. The van der Waals surface area contributed by atoms with Gasteiger partial charge in [0.05, 0.1) is 5.52 Å². The smallest absolute Gasteiger partial charge is 0.332 e. The molecule has 4 rings (SSSR count). The van der Waals surface area contributed by atoms with Crippen molar-refractivity contribution in [3.05, 3.63) is 76.4 Å². The molecule has 2 aromatic carbocycles. The minimum absolute atomic E-state index is 0.191. The van der Waals surface area contributed by atoms with Gasteiger partial charge in [-0.1, -0.05) is 48.9 Å². The van der Waals surface area contributed by atoms with Crippen LogP contribution in [-0.2, 0) is 4.79 Å². The Hall–Kier alpha value is -2.96. The number of hydrogen-bond donors (Lipinski definition) is 0. The lowest BCUT2D eigenvalue weighted by Gasteiger charge is -2.10. The molecule has 0 radical (unpaired) electrons. The summed E-state index contributed by atoms with van der Waals surface area (Å²) in [5, 5.41) is 4.04. The molecule has 0 amide bonds. The zero-order chi connectivity index (χ0) is 19.7. The zero-order valence-electron chi connectivity index (χ0n) is 14.9. The van der Waals surface area contributed by atoms with Crippen molar-refractivity contribution in [2.75, 3.05) is 0 Å². The van der Waals surface area contributed by atoms with E-state index >= 15 is 0 Å². The van der Waals surface area contributed by atoms with Gasteiger partial charge in [0.2, 0.25) is 5.78 Å². The van der Waals surface area contributed by atoms with Crippen LogP contribution in [0.1, 0.15) is 29.4 Å². The van der Waals surface area contributed by atoms with Crippen LogP contribution in [0, 0.1) is 0 Å². The summed E-state index contributed by atoms with van der Waals surface area (Å²) < 4.78 is 1.27. The van der Waals surface area contributed by atoms with E-state index in [1.54, 1.807) is 49.5 Å². The van der Waals surface area contributed by atoms with Crippen molar-refractivity contribution < 1.29 is 14.4 Å². The number of fused-ring (bicyclic) bond motifs is 1. The summed E-state index contributed by atoms with van der Waals surface area (Å²) in [6, 6.07) is 14.1. The number of halogens is 1. The van der Waals surface area contributed by atoms with Crippen molar-refractivity contribution in [2.45, 2.75) is 13.3 Å². The van der Waals surface area contributed by atoms with Gasteiger partial charge in [-0.15, -0.1) is 11.3 Å². The third-order valence-corrected chi connectivity index (χ3v) is 5.32. The summed E-state index contributed by atoms with van der Waals surface area (Å²) in [5.41, 5.74) is 2.26. The maximum atomic E-state index is 13.1. The van der Waals surface area contributed by atoms with E-state index in [1.165, 1.54) is 16.1 Å². The molecule has 28 heavy (non-hydrogen) atoms. The van der Waals surface area contributed by atoms with E-state index in [-0.39, 0.29) is 17.9 Å². The Bertz CT molecular complexity index is 1160. The molecule has 2 heterocycles. The molecule has 0 N–H and O–H groups in total. The molecule has 0 spiro atoms. The predicted molar refractivity (Wildman–Crippen MR) is 110 cm³/mol. The van der Waals surface area contributed by atoms with Gasteiger partial charge in [-0.05, 0) is 18.2 Å². The molecule has 2 aromatic heterocycles. The van der Waals surface area contributed by atoms with E-state index in [1.807, 2.05) is 17.5 Å². The number of hydrogen-bond acceptors (Lipinski definition) is 5. The largest absolute Gasteiger partial charge is 0.336 e. The van der Waals surface area contributed by atoms with Crippen molar-refractivity contribution in [2.24, 2.45) is 0 Å². The molecular weight excluding hydrogens is 396 g/mol. The topological polar surface area (TPSA) is 61.2 Å². The van der Waals surface area contributed by atoms with Gasteiger partial charge < -0.3 is 4.84 Å². The number of aromatic nitrogens is 2. The lowest BCUT2D eigenvalue weighted by Crippen LogP contribution is -2.22. The maximum absolute atomic E-state index is 13.1. The zero-order valence-corrected chi connectivity index (χ0v) is 16.5. The van der Waals surface area contributed by atoms with Crippen LogP contribution >= 0.6 is 22.9 Å². The molecule has 0 bridgehead atoms. The van der Waals surface area contributed by atoms with Crippen molar-refractivity contribution in [1.29, 1.82) is 0 Å². The summed E-state index contributed by atoms with van der Waals surface area (Å²) in [4.78, 5) is 34.7. The molecule has 5 nitrogen and oxygen atoms in total. The van der Waals surface area contributed by atoms with Gasteiger partial charge in [0, 0.05) is 39.5 Å². The number of benzene rings is 2. The van der Waals surface area contributed by atoms with Crippen LogP contribution < -0.4 is 4.84 Å². The highest BCUT2D eigenvalue weighted by Crippen LogP contribution is 2.26. The number of carbonyl (C=O) groups is 2. The molecule has 7 heteroatoms. The minimum atomic E-state index is -0.439. The normalized spacial score (nSPS) is 10.9. The first-order chi connectivity index (χ1) is 13.6. The third-order valence-electron chi connectivity index (χ3n) is 4.26.